The van der Waals surface area contributed by atoms with E-state index in [1.54, 1.807) is 18.3 Å². The van der Waals surface area contributed by atoms with Gasteiger partial charge >= 0.3 is 0 Å². The Morgan fingerprint density at radius 1 is 1.38 bits per heavy atom. The summed E-state index contributed by atoms with van der Waals surface area (Å²) in [5.74, 6) is 1.05. The second-order valence-electron chi connectivity index (χ2n) is 3.73. The van der Waals surface area contributed by atoms with Gasteiger partial charge in [-0.2, -0.15) is 4.98 Å². The highest BCUT2D eigenvalue weighted by atomic mass is 16.5. The Morgan fingerprint density at radius 2 is 2.19 bits per heavy atom. The average molecular weight is 219 g/mol. The van der Waals surface area contributed by atoms with Crippen molar-refractivity contribution in [3.63, 3.8) is 0 Å². The van der Waals surface area contributed by atoms with Crippen molar-refractivity contribution in [2.24, 2.45) is 0 Å². The zero-order valence-corrected chi connectivity index (χ0v) is 9.21. The topological polar surface area (TPSA) is 81.1 Å². The summed E-state index contributed by atoms with van der Waals surface area (Å²) >= 11 is 0. The molecule has 2 N–H and O–H groups in total. The molecule has 0 aliphatic carbocycles. The summed E-state index contributed by atoms with van der Waals surface area (Å²) in [5.41, 5.74) is 6.78. The largest absolute Gasteiger partial charge is 0.397 e. The third-order valence-electron chi connectivity index (χ3n) is 1.93. The number of hydrogen-bond donors (Lipinski definition) is 1. The van der Waals surface area contributed by atoms with Gasteiger partial charge in [-0.25, -0.2) is 4.98 Å². The Hall–Kier alpha value is -1.95. The van der Waals surface area contributed by atoms with Crippen LogP contribution in [-0.2, 0) is 6.54 Å². The Labute approximate surface area is 93.1 Å². The van der Waals surface area contributed by atoms with Crippen LogP contribution in [0.1, 0.15) is 5.82 Å². The van der Waals surface area contributed by atoms with Crippen LogP contribution in [0.3, 0.4) is 0 Å². The summed E-state index contributed by atoms with van der Waals surface area (Å²) < 4.78 is 5.10. The minimum Gasteiger partial charge on any atom is -0.397 e. The van der Waals surface area contributed by atoms with Gasteiger partial charge in [-0.05, 0) is 26.2 Å². The highest BCUT2D eigenvalue weighted by Gasteiger charge is 2.09. The van der Waals surface area contributed by atoms with E-state index in [1.165, 1.54) is 0 Å². The fourth-order valence-electron chi connectivity index (χ4n) is 1.24. The van der Waals surface area contributed by atoms with Crippen LogP contribution in [-0.4, -0.2) is 34.1 Å². The summed E-state index contributed by atoms with van der Waals surface area (Å²) in [6, 6.07) is 3.50. The highest BCUT2D eigenvalue weighted by molar-refractivity contribution is 5.50. The maximum Gasteiger partial charge on any atom is 0.276 e. The molecule has 6 heteroatoms. The second-order valence-corrected chi connectivity index (χ2v) is 3.73. The standard InChI is InChI=1S/C10H13N5O/c1-15(2)6-9-13-10(16-14-9)8-4-3-7(11)5-12-8/h3-5H,6,11H2,1-2H3. The van der Waals surface area contributed by atoms with Gasteiger partial charge in [-0.1, -0.05) is 5.16 Å². The SMILES string of the molecule is CN(C)Cc1noc(-c2ccc(N)cn2)n1. The fourth-order valence-corrected chi connectivity index (χ4v) is 1.24. The first-order valence-electron chi connectivity index (χ1n) is 4.84. The first-order valence-corrected chi connectivity index (χ1v) is 4.84. The summed E-state index contributed by atoms with van der Waals surface area (Å²) in [4.78, 5) is 10.3. The monoisotopic (exact) mass is 219 g/mol. The fraction of sp³-hybridized carbons (Fsp3) is 0.300. The molecule has 16 heavy (non-hydrogen) atoms. The highest BCUT2D eigenvalue weighted by Crippen LogP contribution is 2.15. The molecule has 2 aromatic rings. The predicted molar refractivity (Wildman–Crippen MR) is 59.3 cm³/mol. The number of aromatic nitrogens is 3. The van der Waals surface area contributed by atoms with Gasteiger partial charge in [0.05, 0.1) is 18.4 Å². The van der Waals surface area contributed by atoms with Crippen molar-refractivity contribution in [2.75, 3.05) is 19.8 Å². The van der Waals surface area contributed by atoms with Crippen molar-refractivity contribution in [2.45, 2.75) is 6.54 Å². The minimum absolute atomic E-state index is 0.414. The Kier molecular flexibility index (Phi) is 2.82. The van der Waals surface area contributed by atoms with Crippen molar-refractivity contribution in [1.82, 2.24) is 20.0 Å². The third-order valence-corrected chi connectivity index (χ3v) is 1.93. The Morgan fingerprint density at radius 3 is 2.81 bits per heavy atom. The molecule has 0 saturated carbocycles. The van der Waals surface area contributed by atoms with Crippen molar-refractivity contribution < 1.29 is 4.52 Å². The van der Waals surface area contributed by atoms with E-state index >= 15 is 0 Å². The zero-order valence-electron chi connectivity index (χ0n) is 9.21. The van der Waals surface area contributed by atoms with Crippen LogP contribution >= 0.6 is 0 Å². The molecule has 0 bridgehead atoms. The molecule has 0 atom stereocenters. The van der Waals surface area contributed by atoms with E-state index in [0.717, 1.165) is 0 Å². The van der Waals surface area contributed by atoms with Gasteiger partial charge in [-0.3, -0.25) is 0 Å². The summed E-state index contributed by atoms with van der Waals surface area (Å²) in [5, 5.41) is 3.86. The van der Waals surface area contributed by atoms with Gasteiger partial charge in [0, 0.05) is 0 Å². The zero-order chi connectivity index (χ0) is 11.5. The second kappa shape index (κ2) is 4.28. The molecular formula is C10H13N5O. The number of nitrogens with zero attached hydrogens (tertiary/aromatic N) is 4. The van der Waals surface area contributed by atoms with Crippen molar-refractivity contribution in [1.29, 1.82) is 0 Å². The van der Waals surface area contributed by atoms with E-state index in [-0.39, 0.29) is 0 Å². The van der Waals surface area contributed by atoms with Crippen LogP contribution < -0.4 is 5.73 Å². The first kappa shape index (κ1) is 10.6. The minimum atomic E-state index is 0.414. The molecule has 0 fully saturated rings. The van der Waals surface area contributed by atoms with E-state index in [0.29, 0.717) is 29.6 Å². The van der Waals surface area contributed by atoms with Crippen LogP contribution in [0.25, 0.3) is 11.6 Å². The number of anilines is 1. The molecule has 0 amide bonds. The summed E-state index contributed by atoms with van der Waals surface area (Å²) in [6.45, 7) is 0.637. The molecule has 2 heterocycles. The van der Waals surface area contributed by atoms with E-state index < -0.39 is 0 Å². The lowest BCUT2D eigenvalue weighted by molar-refractivity contribution is 0.365. The smallest absolute Gasteiger partial charge is 0.276 e. The number of nitrogen functional groups attached to an aromatic ring is 1. The summed E-state index contributed by atoms with van der Waals surface area (Å²) in [6.07, 6.45) is 1.56. The van der Waals surface area contributed by atoms with E-state index in [9.17, 15) is 0 Å². The van der Waals surface area contributed by atoms with Gasteiger partial charge in [0.25, 0.3) is 5.89 Å². The maximum absolute atomic E-state index is 5.54. The van der Waals surface area contributed by atoms with Crippen LogP contribution in [0.4, 0.5) is 5.69 Å². The van der Waals surface area contributed by atoms with Gasteiger partial charge < -0.3 is 15.2 Å². The lowest BCUT2D eigenvalue weighted by Crippen LogP contribution is -2.11. The lowest BCUT2D eigenvalue weighted by atomic mass is 10.3. The molecule has 0 saturated heterocycles. The quantitative estimate of drug-likeness (QED) is 0.821. The predicted octanol–water partition coefficient (Wildman–Crippen LogP) is 0.775. The normalized spacial score (nSPS) is 10.9. The maximum atomic E-state index is 5.54. The molecule has 0 aromatic carbocycles. The molecular weight excluding hydrogens is 206 g/mol. The van der Waals surface area contributed by atoms with Crippen LogP contribution in [0, 0.1) is 0 Å². The van der Waals surface area contributed by atoms with E-state index in [4.69, 9.17) is 10.3 Å². The van der Waals surface area contributed by atoms with Crippen molar-refractivity contribution in [3.05, 3.63) is 24.2 Å². The molecule has 0 aliphatic heterocycles. The molecule has 0 spiro atoms. The van der Waals surface area contributed by atoms with Gasteiger partial charge in [-0.15, -0.1) is 0 Å². The lowest BCUT2D eigenvalue weighted by Gasteiger charge is -2.03. The number of nitrogens with two attached hydrogens (primary N) is 1. The first-order chi connectivity index (χ1) is 7.65. The van der Waals surface area contributed by atoms with Crippen molar-refractivity contribution >= 4 is 5.69 Å². The van der Waals surface area contributed by atoms with Gasteiger partial charge in [0.1, 0.15) is 5.69 Å². The third kappa shape index (κ3) is 2.34. The molecule has 2 rings (SSSR count). The van der Waals surface area contributed by atoms with Crippen LogP contribution in [0.5, 0.6) is 0 Å². The molecule has 84 valence electrons. The molecule has 0 radical (unpaired) electrons. The molecule has 0 aliphatic rings. The van der Waals surface area contributed by atoms with Gasteiger partial charge in [0.15, 0.2) is 5.82 Å². The Balaban J connectivity index is 2.21. The number of hydrogen-bond acceptors (Lipinski definition) is 6. The molecule has 2 aromatic heterocycles. The van der Waals surface area contributed by atoms with Crippen LogP contribution in [0.15, 0.2) is 22.9 Å². The van der Waals surface area contributed by atoms with E-state index in [2.05, 4.69) is 15.1 Å². The molecule has 6 nitrogen and oxygen atoms in total. The van der Waals surface area contributed by atoms with Crippen molar-refractivity contribution in [3.8, 4) is 11.6 Å². The average Bonchev–Trinajstić information content (AvgIpc) is 2.66. The number of rotatable bonds is 3. The molecule has 0 unspecified atom stereocenters. The van der Waals surface area contributed by atoms with E-state index in [1.807, 2.05) is 19.0 Å². The summed E-state index contributed by atoms with van der Waals surface area (Å²) in [7, 11) is 3.88. The number of pyridine rings is 1. The Bertz CT molecular complexity index is 462. The van der Waals surface area contributed by atoms with Gasteiger partial charge in [0.2, 0.25) is 0 Å². The van der Waals surface area contributed by atoms with Crippen LogP contribution in [0.2, 0.25) is 0 Å².